The number of nitrogens with zero attached hydrogens (tertiary/aromatic N) is 5. The van der Waals surface area contributed by atoms with Crippen LogP contribution in [0.25, 0.3) is 11.4 Å². The van der Waals surface area contributed by atoms with Crippen LogP contribution in [0, 0.1) is 12.7 Å². The summed E-state index contributed by atoms with van der Waals surface area (Å²) < 4.78 is 15.5. The van der Waals surface area contributed by atoms with Gasteiger partial charge in [-0.3, -0.25) is 18.9 Å². The van der Waals surface area contributed by atoms with E-state index in [1.807, 2.05) is 12.1 Å². The molecule has 194 valence electrons. The Morgan fingerprint density at radius 3 is 2.54 bits per heavy atom. The van der Waals surface area contributed by atoms with Crippen molar-refractivity contribution in [2.75, 3.05) is 4.90 Å². The summed E-state index contributed by atoms with van der Waals surface area (Å²) in [6.45, 7) is 1.74. The Kier molecular flexibility index (Phi) is 6.45. The van der Waals surface area contributed by atoms with Crippen LogP contribution in [0.3, 0.4) is 0 Å². The van der Waals surface area contributed by atoms with Crippen LogP contribution >= 0.6 is 23.1 Å². The van der Waals surface area contributed by atoms with Gasteiger partial charge in [-0.25, -0.2) is 9.37 Å². The van der Waals surface area contributed by atoms with Gasteiger partial charge < -0.3 is 5.11 Å². The third-order valence-corrected chi connectivity index (χ3v) is 8.49. The minimum absolute atomic E-state index is 0.0457. The minimum Gasteiger partial charge on any atom is -0.505 e. The Balaban J connectivity index is 1.42. The van der Waals surface area contributed by atoms with Gasteiger partial charge >= 0.3 is 5.91 Å². The van der Waals surface area contributed by atoms with Gasteiger partial charge in [0.15, 0.2) is 10.1 Å². The first kappa shape index (κ1) is 25.0. The van der Waals surface area contributed by atoms with Crippen LogP contribution in [-0.4, -0.2) is 36.4 Å². The Morgan fingerprint density at radius 1 is 1.03 bits per heavy atom. The average Bonchev–Trinajstić information content (AvgIpc) is 3.62. The smallest absolute Gasteiger partial charge is 0.301 e. The Labute approximate surface area is 230 Å². The van der Waals surface area contributed by atoms with E-state index >= 15 is 0 Å². The van der Waals surface area contributed by atoms with E-state index in [0.717, 1.165) is 5.56 Å². The van der Waals surface area contributed by atoms with Crippen molar-refractivity contribution in [3.8, 4) is 0 Å². The third kappa shape index (κ3) is 4.49. The van der Waals surface area contributed by atoms with Gasteiger partial charge in [-0.1, -0.05) is 71.6 Å². The fourth-order valence-electron chi connectivity index (χ4n) is 4.59. The molecule has 1 amide bonds. The van der Waals surface area contributed by atoms with Gasteiger partial charge in [0, 0.05) is 11.9 Å². The SMILES string of the molecule is Cc1nc2ccccn2c1/C(O)=C1\C(=O)C(=O)N(c2nnc(SCc3ccc(F)cc3)s2)C1c1ccccc1. The highest BCUT2D eigenvalue weighted by Crippen LogP contribution is 2.44. The van der Waals surface area contributed by atoms with Crippen molar-refractivity contribution < 1.29 is 19.1 Å². The number of aliphatic hydroxyl groups excluding tert-OH is 1. The van der Waals surface area contributed by atoms with E-state index in [-0.39, 0.29) is 22.3 Å². The number of aryl methyl sites for hydroxylation is 1. The minimum atomic E-state index is -0.914. The van der Waals surface area contributed by atoms with E-state index in [1.165, 1.54) is 40.1 Å². The standard InChI is InChI=1S/C28H20FN5O3S2/c1-16-22(33-14-6-5-9-20(33)30-16)24(35)21-23(18-7-3-2-4-8-18)34(26(37)25(21)36)27-31-32-28(39-27)38-15-17-10-12-19(29)13-11-17/h2-14,23,35H,15H2,1H3/b24-21+. The topological polar surface area (TPSA) is 101 Å². The van der Waals surface area contributed by atoms with Crippen molar-refractivity contribution in [3.05, 3.63) is 113 Å². The van der Waals surface area contributed by atoms with E-state index in [1.54, 1.807) is 66.1 Å². The summed E-state index contributed by atoms with van der Waals surface area (Å²) in [6, 6.07) is 19.7. The lowest BCUT2D eigenvalue weighted by Gasteiger charge is -2.22. The molecule has 0 spiro atoms. The molecule has 1 aliphatic heterocycles. The van der Waals surface area contributed by atoms with Gasteiger partial charge in [-0.05, 0) is 42.3 Å². The van der Waals surface area contributed by atoms with Crippen molar-refractivity contribution in [2.45, 2.75) is 23.1 Å². The zero-order valence-corrected chi connectivity index (χ0v) is 22.1. The molecule has 8 nitrogen and oxygen atoms in total. The van der Waals surface area contributed by atoms with Gasteiger partial charge in [-0.2, -0.15) is 0 Å². The van der Waals surface area contributed by atoms with Gasteiger partial charge in [0.2, 0.25) is 5.13 Å². The molecule has 0 aliphatic carbocycles. The Hall–Kier alpha value is -4.35. The number of Topliss-reactive ketones (excluding diaryl/α,β-unsaturated/α-hetero) is 1. The molecule has 0 radical (unpaired) electrons. The second-order valence-electron chi connectivity index (χ2n) is 8.82. The highest BCUT2D eigenvalue weighted by Gasteiger charge is 2.48. The molecule has 0 saturated carbocycles. The predicted octanol–water partition coefficient (Wildman–Crippen LogP) is 5.55. The molecule has 1 unspecified atom stereocenters. The van der Waals surface area contributed by atoms with Gasteiger partial charge in [0.05, 0.1) is 17.3 Å². The summed E-state index contributed by atoms with van der Waals surface area (Å²) in [5.41, 5.74) is 2.97. The number of hydrogen-bond acceptors (Lipinski definition) is 8. The van der Waals surface area contributed by atoms with Crippen molar-refractivity contribution in [2.24, 2.45) is 0 Å². The quantitative estimate of drug-likeness (QED) is 0.0960. The maximum Gasteiger partial charge on any atom is 0.301 e. The number of carbonyl (C=O) groups is 2. The van der Waals surface area contributed by atoms with Gasteiger partial charge in [-0.15, -0.1) is 10.2 Å². The number of imidazole rings is 1. The predicted molar refractivity (Wildman–Crippen MR) is 147 cm³/mol. The Morgan fingerprint density at radius 2 is 1.77 bits per heavy atom. The normalized spacial score (nSPS) is 16.9. The number of ketones is 1. The summed E-state index contributed by atoms with van der Waals surface area (Å²) in [5.74, 6) is -1.71. The molecular formula is C28H20FN5O3S2. The van der Waals surface area contributed by atoms with Crippen LogP contribution in [0.15, 0.2) is 88.9 Å². The highest BCUT2D eigenvalue weighted by atomic mass is 32.2. The molecule has 3 aromatic heterocycles. The van der Waals surface area contributed by atoms with Gasteiger partial charge in [0.1, 0.15) is 17.2 Å². The number of benzene rings is 2. The molecule has 1 atom stereocenters. The summed E-state index contributed by atoms with van der Waals surface area (Å²) in [4.78, 5) is 32.7. The summed E-state index contributed by atoms with van der Waals surface area (Å²) >= 11 is 2.56. The first-order valence-corrected chi connectivity index (χ1v) is 13.7. The number of fused-ring (bicyclic) bond motifs is 1. The number of amides is 1. The lowest BCUT2D eigenvalue weighted by atomic mass is 9.96. The first-order valence-electron chi connectivity index (χ1n) is 11.9. The van der Waals surface area contributed by atoms with Crippen molar-refractivity contribution in [3.63, 3.8) is 0 Å². The first-order chi connectivity index (χ1) is 18.9. The zero-order valence-electron chi connectivity index (χ0n) is 20.5. The summed E-state index contributed by atoms with van der Waals surface area (Å²) in [7, 11) is 0. The molecule has 0 bridgehead atoms. The largest absolute Gasteiger partial charge is 0.505 e. The molecular weight excluding hydrogens is 537 g/mol. The number of halogens is 1. The van der Waals surface area contributed by atoms with E-state index < -0.39 is 17.7 Å². The number of pyridine rings is 1. The van der Waals surface area contributed by atoms with Crippen LogP contribution < -0.4 is 4.90 Å². The fraction of sp³-hybridized carbons (Fsp3) is 0.107. The molecule has 11 heteroatoms. The molecule has 2 aromatic carbocycles. The maximum absolute atomic E-state index is 13.5. The lowest BCUT2D eigenvalue weighted by Crippen LogP contribution is -2.29. The average molecular weight is 558 g/mol. The van der Waals surface area contributed by atoms with E-state index in [2.05, 4.69) is 15.2 Å². The molecule has 6 rings (SSSR count). The van der Waals surface area contributed by atoms with Gasteiger partial charge in [0.25, 0.3) is 5.78 Å². The molecule has 4 heterocycles. The van der Waals surface area contributed by atoms with Crippen molar-refractivity contribution >= 4 is 51.3 Å². The maximum atomic E-state index is 13.5. The third-order valence-electron chi connectivity index (χ3n) is 6.37. The second-order valence-corrected chi connectivity index (χ2v) is 11.0. The molecule has 1 saturated heterocycles. The highest BCUT2D eigenvalue weighted by molar-refractivity contribution is 8.00. The van der Waals surface area contributed by atoms with Crippen LogP contribution in [-0.2, 0) is 15.3 Å². The van der Waals surface area contributed by atoms with Crippen LogP contribution in [0.1, 0.15) is 28.6 Å². The van der Waals surface area contributed by atoms with Crippen molar-refractivity contribution in [1.82, 2.24) is 19.6 Å². The van der Waals surface area contributed by atoms with Crippen molar-refractivity contribution in [1.29, 1.82) is 0 Å². The molecule has 1 aliphatic rings. The lowest BCUT2D eigenvalue weighted by molar-refractivity contribution is -0.132. The second kappa shape index (κ2) is 10.1. The number of anilines is 1. The van der Waals surface area contributed by atoms with Crippen LogP contribution in [0.4, 0.5) is 9.52 Å². The molecule has 5 aromatic rings. The fourth-order valence-corrected chi connectivity index (χ4v) is 6.41. The Bertz CT molecular complexity index is 1750. The van der Waals surface area contributed by atoms with E-state index in [4.69, 9.17) is 0 Å². The number of hydrogen-bond donors (Lipinski definition) is 1. The van der Waals surface area contributed by atoms with Crippen LogP contribution in [0.5, 0.6) is 0 Å². The number of rotatable bonds is 6. The monoisotopic (exact) mass is 557 g/mol. The van der Waals surface area contributed by atoms with E-state index in [0.29, 0.717) is 32.7 Å². The number of carbonyl (C=O) groups excluding carboxylic acids is 2. The van der Waals surface area contributed by atoms with E-state index in [9.17, 15) is 19.1 Å². The number of thioether (sulfide) groups is 1. The summed E-state index contributed by atoms with van der Waals surface area (Å²) in [6.07, 6.45) is 1.74. The zero-order chi connectivity index (χ0) is 27.1. The van der Waals surface area contributed by atoms with Crippen LogP contribution in [0.2, 0.25) is 0 Å². The number of aromatic nitrogens is 4. The summed E-state index contributed by atoms with van der Waals surface area (Å²) in [5, 5.41) is 20.2. The molecule has 39 heavy (non-hydrogen) atoms. The molecule has 1 fully saturated rings. The molecule has 1 N–H and O–H groups in total. The number of aliphatic hydroxyl groups is 1.